The molecule has 0 fully saturated rings. The van der Waals surface area contributed by atoms with E-state index >= 15 is 0 Å². The van der Waals surface area contributed by atoms with Gasteiger partial charge in [-0.15, -0.1) is 0 Å². The fourth-order valence-corrected chi connectivity index (χ4v) is 1.57. The van der Waals surface area contributed by atoms with Gasteiger partial charge in [-0.25, -0.2) is 18.0 Å². The number of nitrogens with two attached hydrogens (primary N) is 1. The van der Waals surface area contributed by atoms with Crippen LogP contribution in [0, 0.1) is 17.5 Å². The Morgan fingerprint density at radius 2 is 1.89 bits per heavy atom. The highest BCUT2D eigenvalue weighted by molar-refractivity contribution is 5.92. The minimum Gasteiger partial charge on any atom is -0.477 e. The van der Waals surface area contributed by atoms with Gasteiger partial charge in [-0.3, -0.25) is 9.47 Å². The Bertz CT molecular complexity index is 739. The molecule has 0 atom stereocenters. The van der Waals surface area contributed by atoms with Crippen LogP contribution in [0.25, 0.3) is 10.9 Å². The number of nitrogen functional groups attached to an aromatic ring is 1. The number of nitrogens with zero attached hydrogens (tertiary/aromatic N) is 1. The lowest BCUT2D eigenvalue weighted by atomic mass is 10.1. The fourth-order valence-electron chi connectivity index (χ4n) is 1.57. The van der Waals surface area contributed by atoms with Crippen molar-refractivity contribution in [3.05, 3.63) is 45.5 Å². The summed E-state index contributed by atoms with van der Waals surface area (Å²) in [7, 11) is 0. The van der Waals surface area contributed by atoms with E-state index in [0.29, 0.717) is 16.9 Å². The summed E-state index contributed by atoms with van der Waals surface area (Å²) in [4.78, 5) is 22.4. The molecular weight excluding hydrogens is 253 g/mol. The van der Waals surface area contributed by atoms with Crippen molar-refractivity contribution in [1.82, 2.24) is 4.68 Å². The summed E-state index contributed by atoms with van der Waals surface area (Å²) in [5, 5.41) is 8.07. The van der Waals surface area contributed by atoms with Crippen molar-refractivity contribution in [2.45, 2.75) is 0 Å². The third-order valence-corrected chi connectivity index (χ3v) is 2.38. The summed E-state index contributed by atoms with van der Waals surface area (Å²) in [5.41, 5.74) is -2.61. The quantitative estimate of drug-likeness (QED) is 0.586. The highest BCUT2D eigenvalue weighted by atomic mass is 19.2. The van der Waals surface area contributed by atoms with Gasteiger partial charge in [-0.2, -0.15) is 0 Å². The van der Waals surface area contributed by atoms with Crippen LogP contribution < -0.4 is 11.3 Å². The highest BCUT2D eigenvalue weighted by Crippen LogP contribution is 2.20. The van der Waals surface area contributed by atoms with Gasteiger partial charge >= 0.3 is 5.97 Å². The van der Waals surface area contributed by atoms with Gasteiger partial charge in [-0.05, 0) is 6.07 Å². The van der Waals surface area contributed by atoms with Crippen LogP contribution in [0.5, 0.6) is 0 Å². The van der Waals surface area contributed by atoms with E-state index in [0.717, 1.165) is 0 Å². The predicted molar refractivity (Wildman–Crippen MR) is 55.2 cm³/mol. The summed E-state index contributed by atoms with van der Waals surface area (Å²) in [6.07, 6.45) is 0.632. The highest BCUT2D eigenvalue weighted by Gasteiger charge is 2.21. The first kappa shape index (κ1) is 12.0. The number of rotatable bonds is 1. The Kier molecular flexibility index (Phi) is 2.50. The number of hydrogen-bond donors (Lipinski definition) is 2. The maximum atomic E-state index is 13.4. The third kappa shape index (κ3) is 1.50. The normalized spacial score (nSPS) is 10.8. The molecule has 0 spiro atoms. The Balaban J connectivity index is 3.08. The van der Waals surface area contributed by atoms with Crippen molar-refractivity contribution in [3.63, 3.8) is 0 Å². The first-order valence-corrected chi connectivity index (χ1v) is 4.55. The molecule has 2 rings (SSSR count). The summed E-state index contributed by atoms with van der Waals surface area (Å²) in [5.74, 6) is -1.37. The number of benzene rings is 1. The zero-order valence-electron chi connectivity index (χ0n) is 8.58. The molecule has 18 heavy (non-hydrogen) atoms. The molecule has 0 aliphatic heterocycles. The number of aromatic nitrogens is 1. The number of carbonyl (C=O) groups is 1. The zero-order valence-corrected chi connectivity index (χ0v) is 8.58. The van der Waals surface area contributed by atoms with Crippen LogP contribution in [0.15, 0.2) is 17.1 Å². The van der Waals surface area contributed by atoms with Crippen molar-refractivity contribution in [1.29, 1.82) is 0 Å². The number of hydrogen-bond acceptors (Lipinski definition) is 3. The largest absolute Gasteiger partial charge is 0.477 e. The van der Waals surface area contributed by atoms with Crippen LogP contribution in [-0.2, 0) is 0 Å². The molecule has 8 heteroatoms. The molecule has 0 amide bonds. The molecule has 0 saturated carbocycles. The fraction of sp³-hybridized carbons (Fsp3) is 0. The second-order valence-corrected chi connectivity index (χ2v) is 3.47. The van der Waals surface area contributed by atoms with Gasteiger partial charge < -0.3 is 10.9 Å². The average molecular weight is 258 g/mol. The molecular formula is C10H5F3N2O3. The maximum Gasteiger partial charge on any atom is 0.341 e. The van der Waals surface area contributed by atoms with E-state index in [4.69, 9.17) is 10.9 Å². The Morgan fingerprint density at radius 3 is 2.44 bits per heavy atom. The number of fused-ring (bicyclic) bond motifs is 1. The van der Waals surface area contributed by atoms with Gasteiger partial charge in [-0.1, -0.05) is 0 Å². The van der Waals surface area contributed by atoms with Crippen molar-refractivity contribution in [3.8, 4) is 0 Å². The van der Waals surface area contributed by atoms with Gasteiger partial charge in [0.15, 0.2) is 17.5 Å². The third-order valence-electron chi connectivity index (χ3n) is 2.38. The van der Waals surface area contributed by atoms with E-state index in [9.17, 15) is 22.8 Å². The molecule has 0 unspecified atom stereocenters. The molecule has 94 valence electrons. The van der Waals surface area contributed by atoms with E-state index in [-0.39, 0.29) is 0 Å². The van der Waals surface area contributed by atoms with Gasteiger partial charge in [0.1, 0.15) is 11.1 Å². The zero-order chi connectivity index (χ0) is 13.6. The molecule has 0 aliphatic carbocycles. The molecule has 1 heterocycles. The first-order chi connectivity index (χ1) is 8.34. The number of pyridine rings is 1. The van der Waals surface area contributed by atoms with E-state index in [1.165, 1.54) is 0 Å². The van der Waals surface area contributed by atoms with E-state index in [1.807, 2.05) is 0 Å². The number of carboxylic acids is 1. The molecule has 0 radical (unpaired) electrons. The number of carboxylic acid groups (broad SMARTS) is 1. The minimum absolute atomic E-state index is 0.409. The van der Waals surface area contributed by atoms with E-state index < -0.39 is 45.3 Å². The van der Waals surface area contributed by atoms with Gasteiger partial charge in [0.05, 0.1) is 5.39 Å². The van der Waals surface area contributed by atoms with Crippen molar-refractivity contribution in [2.24, 2.45) is 0 Å². The topological polar surface area (TPSA) is 85.3 Å². The predicted octanol–water partition coefficient (Wildman–Crippen LogP) is 0.831. The monoisotopic (exact) mass is 258 g/mol. The van der Waals surface area contributed by atoms with Crippen LogP contribution >= 0.6 is 0 Å². The lowest BCUT2D eigenvalue weighted by Crippen LogP contribution is -2.23. The Hall–Kier alpha value is -2.51. The molecule has 1 aromatic heterocycles. The van der Waals surface area contributed by atoms with Crippen molar-refractivity contribution >= 4 is 16.9 Å². The molecule has 0 saturated heterocycles. The second kappa shape index (κ2) is 3.76. The summed E-state index contributed by atoms with van der Waals surface area (Å²) in [6.45, 7) is 0. The molecule has 2 aromatic rings. The average Bonchev–Trinajstić information content (AvgIpc) is 2.29. The Labute approximate surface area is 96.8 Å². The second-order valence-electron chi connectivity index (χ2n) is 3.47. The maximum absolute atomic E-state index is 13.4. The summed E-state index contributed by atoms with van der Waals surface area (Å²) >= 11 is 0. The smallest absolute Gasteiger partial charge is 0.341 e. The summed E-state index contributed by atoms with van der Waals surface area (Å²) < 4.78 is 39.9. The molecule has 3 N–H and O–H groups in total. The Morgan fingerprint density at radius 1 is 1.28 bits per heavy atom. The molecule has 0 bridgehead atoms. The van der Waals surface area contributed by atoms with Gasteiger partial charge in [0.2, 0.25) is 5.43 Å². The number of aromatic carboxylic acids is 1. The lowest BCUT2D eigenvalue weighted by Gasteiger charge is -2.08. The van der Waals surface area contributed by atoms with Crippen LogP contribution in [0.1, 0.15) is 10.4 Å². The molecule has 5 nitrogen and oxygen atoms in total. The van der Waals surface area contributed by atoms with Crippen LogP contribution in [-0.4, -0.2) is 15.8 Å². The minimum atomic E-state index is -1.79. The van der Waals surface area contributed by atoms with Crippen molar-refractivity contribution in [2.75, 3.05) is 5.84 Å². The molecule has 0 aliphatic rings. The number of halogens is 3. The van der Waals surface area contributed by atoms with Crippen LogP contribution in [0.3, 0.4) is 0 Å². The molecule has 1 aromatic carbocycles. The summed E-state index contributed by atoms with van der Waals surface area (Å²) in [6, 6.07) is 0.409. The van der Waals surface area contributed by atoms with Crippen molar-refractivity contribution < 1.29 is 23.1 Å². The first-order valence-electron chi connectivity index (χ1n) is 4.55. The van der Waals surface area contributed by atoms with Gasteiger partial charge in [0, 0.05) is 6.20 Å². The van der Waals surface area contributed by atoms with E-state index in [2.05, 4.69) is 0 Å². The standard InChI is InChI=1S/C10H5F3N2O3/c11-5-1-3-8(7(13)6(5)12)15(14)2-4(9(3)16)10(17)18/h1-2H,14H2,(H,17,18). The van der Waals surface area contributed by atoms with Crippen LogP contribution in [0.2, 0.25) is 0 Å². The van der Waals surface area contributed by atoms with Gasteiger partial charge in [0.25, 0.3) is 0 Å². The lowest BCUT2D eigenvalue weighted by molar-refractivity contribution is 0.0695. The van der Waals surface area contributed by atoms with Crippen LogP contribution in [0.4, 0.5) is 13.2 Å². The van der Waals surface area contributed by atoms with E-state index in [1.54, 1.807) is 0 Å². The SMILES string of the molecule is Nn1cc(C(=O)O)c(=O)c2cc(F)c(F)c(F)c21.